The van der Waals surface area contributed by atoms with Gasteiger partial charge in [0.1, 0.15) is 0 Å². The van der Waals surface area contributed by atoms with Crippen LogP contribution in [-0.4, -0.2) is 31.9 Å². The molecular formula is C4H8N6O4S2. The molecule has 0 saturated heterocycles. The fourth-order valence-electron chi connectivity index (χ4n) is 0.518. The van der Waals surface area contributed by atoms with E-state index < -0.39 is 10.1 Å². The summed E-state index contributed by atoms with van der Waals surface area (Å²) in [5.41, 5.74) is 3.29. The number of hydrogen-bond acceptors (Lipinski definition) is 8. The third-order valence-corrected chi connectivity index (χ3v) is 2.80. The second-order valence-electron chi connectivity index (χ2n) is 2.09. The Labute approximate surface area is 97.8 Å². The van der Waals surface area contributed by atoms with Gasteiger partial charge in [0.2, 0.25) is 10.3 Å². The summed E-state index contributed by atoms with van der Waals surface area (Å²) in [7, 11) is 0. The molecule has 16 heavy (non-hydrogen) atoms. The topological polar surface area (TPSA) is 158 Å². The fourth-order valence-corrected chi connectivity index (χ4v) is 1.87. The van der Waals surface area contributed by atoms with E-state index in [9.17, 15) is 20.2 Å². The smallest absolute Gasteiger partial charge is 0.217 e. The van der Waals surface area contributed by atoms with Crippen LogP contribution in [-0.2, 0) is 0 Å². The van der Waals surface area contributed by atoms with Crippen molar-refractivity contribution in [2.75, 3.05) is 11.5 Å². The highest BCUT2D eigenvalue weighted by atomic mass is 32.2. The number of nitrogens with one attached hydrogen (secondary N) is 4. The maximum atomic E-state index is 9.89. The number of hydrazine groups is 2. The summed E-state index contributed by atoms with van der Waals surface area (Å²) < 4.78 is 0. The van der Waals surface area contributed by atoms with Gasteiger partial charge in [-0.25, -0.2) is 20.2 Å². The lowest BCUT2D eigenvalue weighted by molar-refractivity contribution is -0.524. The minimum Gasteiger partial charge on any atom is -0.274 e. The van der Waals surface area contributed by atoms with Crippen LogP contribution in [0.4, 0.5) is 0 Å². The SMILES string of the molecule is N=C(N[N+](=O)[O-])SCCSC(=N)N[N+](=O)[O-]. The van der Waals surface area contributed by atoms with Crippen molar-refractivity contribution >= 4 is 33.9 Å². The summed E-state index contributed by atoms with van der Waals surface area (Å²) in [5.74, 6) is 0.651. The third-order valence-electron chi connectivity index (χ3n) is 0.962. The molecule has 0 saturated carbocycles. The molecule has 0 aromatic rings. The van der Waals surface area contributed by atoms with Crippen LogP contribution in [0.15, 0.2) is 0 Å². The Balaban J connectivity index is 3.53. The first-order valence-corrected chi connectivity index (χ1v) is 5.63. The molecule has 0 radical (unpaired) electrons. The molecule has 0 aromatic carbocycles. The average molecular weight is 268 g/mol. The number of nitrogens with zero attached hydrogens (tertiary/aromatic N) is 2. The van der Waals surface area contributed by atoms with Crippen molar-refractivity contribution in [3.05, 3.63) is 20.2 Å². The largest absolute Gasteiger partial charge is 0.274 e. The standard InChI is InChI=1S/C4H8N6O4S2/c5-3(7-9(11)12)15-1-2-16-4(6)8-10(13)14/h1-2H2,(H2,5,7)(H2,6,8). The summed E-state index contributed by atoms with van der Waals surface area (Å²) >= 11 is 1.76. The number of hydrogen-bond donors (Lipinski definition) is 4. The zero-order valence-electron chi connectivity index (χ0n) is 7.76. The molecule has 0 unspecified atom stereocenters. The molecule has 0 heterocycles. The van der Waals surface area contributed by atoms with Gasteiger partial charge >= 0.3 is 0 Å². The van der Waals surface area contributed by atoms with Gasteiger partial charge in [0.25, 0.3) is 0 Å². The van der Waals surface area contributed by atoms with Crippen molar-refractivity contribution in [2.24, 2.45) is 0 Å². The van der Waals surface area contributed by atoms with E-state index in [-0.39, 0.29) is 10.3 Å². The Morgan fingerprint density at radius 2 is 1.31 bits per heavy atom. The molecule has 0 aliphatic rings. The summed E-state index contributed by atoms with van der Waals surface area (Å²) in [4.78, 5) is 19.8. The Bertz CT molecular complexity index is 279. The minimum atomic E-state index is -0.848. The molecule has 0 aliphatic heterocycles. The van der Waals surface area contributed by atoms with Gasteiger partial charge < -0.3 is 0 Å². The van der Waals surface area contributed by atoms with E-state index in [0.717, 1.165) is 23.5 Å². The van der Waals surface area contributed by atoms with Gasteiger partial charge in [-0.15, -0.1) is 0 Å². The number of amidine groups is 2. The van der Waals surface area contributed by atoms with E-state index in [1.165, 1.54) is 0 Å². The Morgan fingerprint density at radius 3 is 1.56 bits per heavy atom. The first-order chi connectivity index (χ1) is 7.41. The zero-order chi connectivity index (χ0) is 12.6. The number of rotatable bonds is 5. The molecule has 0 bridgehead atoms. The molecule has 0 aliphatic carbocycles. The lowest BCUT2D eigenvalue weighted by atomic mass is 11.0. The summed E-state index contributed by atoms with van der Waals surface area (Å²) in [6, 6.07) is 0. The van der Waals surface area contributed by atoms with E-state index in [0.29, 0.717) is 11.5 Å². The predicted molar refractivity (Wildman–Crippen MR) is 60.6 cm³/mol. The van der Waals surface area contributed by atoms with Gasteiger partial charge in [-0.3, -0.25) is 10.8 Å². The molecule has 0 fully saturated rings. The molecule has 0 atom stereocenters. The van der Waals surface area contributed by atoms with Crippen molar-refractivity contribution in [1.29, 1.82) is 10.8 Å². The second-order valence-corrected chi connectivity index (χ2v) is 4.30. The van der Waals surface area contributed by atoms with Crippen molar-refractivity contribution < 1.29 is 10.1 Å². The highest BCUT2D eigenvalue weighted by Crippen LogP contribution is 2.06. The van der Waals surface area contributed by atoms with E-state index in [1.807, 2.05) is 0 Å². The first kappa shape index (κ1) is 14.4. The molecular weight excluding hydrogens is 260 g/mol. The Hall–Kier alpha value is -1.56. The summed E-state index contributed by atoms with van der Waals surface area (Å²) in [6.45, 7) is 0. The third kappa shape index (κ3) is 9.01. The van der Waals surface area contributed by atoms with Crippen LogP contribution in [0.1, 0.15) is 0 Å². The molecule has 0 rings (SSSR count). The van der Waals surface area contributed by atoms with E-state index in [2.05, 4.69) is 0 Å². The van der Waals surface area contributed by atoms with Gasteiger partial charge in [-0.1, -0.05) is 34.4 Å². The molecule has 90 valence electrons. The molecule has 0 amide bonds. The molecule has 0 aromatic heterocycles. The highest BCUT2D eigenvalue weighted by molar-refractivity contribution is 8.16. The lowest BCUT2D eigenvalue weighted by Gasteiger charge is -2.00. The Kier molecular flexibility index (Phi) is 6.95. The van der Waals surface area contributed by atoms with Gasteiger partial charge in [-0.2, -0.15) is 0 Å². The monoisotopic (exact) mass is 268 g/mol. The highest BCUT2D eigenvalue weighted by Gasteiger charge is 2.06. The number of thioether (sulfide) groups is 2. The molecule has 12 heteroatoms. The van der Waals surface area contributed by atoms with Crippen molar-refractivity contribution in [2.45, 2.75) is 0 Å². The van der Waals surface area contributed by atoms with Crippen LogP contribution in [0.2, 0.25) is 0 Å². The van der Waals surface area contributed by atoms with Crippen LogP contribution < -0.4 is 10.9 Å². The van der Waals surface area contributed by atoms with Crippen molar-refractivity contribution in [3.63, 3.8) is 0 Å². The van der Waals surface area contributed by atoms with Gasteiger partial charge in [0.15, 0.2) is 10.1 Å². The molecule has 4 N–H and O–H groups in total. The quantitative estimate of drug-likeness (QED) is 0.177. The van der Waals surface area contributed by atoms with Crippen LogP contribution >= 0.6 is 23.5 Å². The van der Waals surface area contributed by atoms with Crippen molar-refractivity contribution in [3.8, 4) is 0 Å². The Morgan fingerprint density at radius 1 is 1.00 bits per heavy atom. The maximum absolute atomic E-state index is 9.89. The van der Waals surface area contributed by atoms with Crippen molar-refractivity contribution in [1.82, 2.24) is 10.9 Å². The normalized spacial score (nSPS) is 9.25. The van der Waals surface area contributed by atoms with Crippen LogP contribution in [0.5, 0.6) is 0 Å². The predicted octanol–water partition coefficient (Wildman–Crippen LogP) is -0.115. The minimum absolute atomic E-state index is 0.320. The van der Waals surface area contributed by atoms with Crippen LogP contribution in [0.25, 0.3) is 0 Å². The van der Waals surface area contributed by atoms with E-state index in [4.69, 9.17) is 10.8 Å². The van der Waals surface area contributed by atoms with Crippen LogP contribution in [0, 0.1) is 31.0 Å². The van der Waals surface area contributed by atoms with E-state index >= 15 is 0 Å². The second kappa shape index (κ2) is 7.70. The van der Waals surface area contributed by atoms with Crippen LogP contribution in [0.3, 0.4) is 0 Å². The average Bonchev–Trinajstić information content (AvgIpc) is 2.10. The molecule has 10 nitrogen and oxygen atoms in total. The maximum Gasteiger partial charge on any atom is 0.217 e. The summed E-state index contributed by atoms with van der Waals surface area (Å²) in [6.07, 6.45) is 0. The summed E-state index contributed by atoms with van der Waals surface area (Å²) in [5, 5.41) is 31.5. The first-order valence-electron chi connectivity index (χ1n) is 3.66. The lowest BCUT2D eigenvalue weighted by Crippen LogP contribution is -2.27. The van der Waals surface area contributed by atoms with Gasteiger partial charge in [-0.05, 0) is 0 Å². The van der Waals surface area contributed by atoms with Gasteiger partial charge in [0.05, 0.1) is 0 Å². The molecule has 0 spiro atoms. The number of nitro groups is 2. The van der Waals surface area contributed by atoms with E-state index in [1.54, 1.807) is 10.9 Å². The van der Waals surface area contributed by atoms with Gasteiger partial charge in [0, 0.05) is 11.5 Å². The zero-order valence-corrected chi connectivity index (χ0v) is 9.39. The fraction of sp³-hybridized carbons (Fsp3) is 0.500.